The Bertz CT molecular complexity index is 636. The Morgan fingerprint density at radius 1 is 1.19 bits per heavy atom. The van der Waals surface area contributed by atoms with Crippen molar-refractivity contribution in [3.05, 3.63) is 59.2 Å². The zero-order valence-corrected chi connectivity index (χ0v) is 12.5. The summed E-state index contributed by atoms with van der Waals surface area (Å²) in [6, 6.07) is 13.0. The molecule has 0 radical (unpaired) electrons. The molecule has 0 spiro atoms. The largest absolute Gasteiger partial charge is 0.497 e. The molecule has 0 heterocycles. The summed E-state index contributed by atoms with van der Waals surface area (Å²) in [5, 5.41) is 2.95. The molecule has 0 aromatic heterocycles. The fraction of sp³-hybridized carbons (Fsp3) is 0.235. The number of hydrogen-bond donors (Lipinski definition) is 2. The lowest BCUT2D eigenvalue weighted by Gasteiger charge is -2.16. The smallest absolute Gasteiger partial charge is 0.253 e. The summed E-state index contributed by atoms with van der Waals surface area (Å²) in [6.07, 6.45) is 0. The Hall–Kier alpha value is -2.49. The highest BCUT2D eigenvalue weighted by atomic mass is 16.5. The highest BCUT2D eigenvalue weighted by molar-refractivity contribution is 5.99. The van der Waals surface area contributed by atoms with Crippen molar-refractivity contribution in [3.63, 3.8) is 0 Å². The van der Waals surface area contributed by atoms with Gasteiger partial charge in [-0.05, 0) is 37.6 Å². The van der Waals surface area contributed by atoms with Crippen LogP contribution in [0.15, 0.2) is 42.5 Å². The molecule has 4 heteroatoms. The maximum Gasteiger partial charge on any atom is 0.253 e. The van der Waals surface area contributed by atoms with Crippen molar-refractivity contribution in [1.29, 1.82) is 0 Å². The van der Waals surface area contributed by atoms with E-state index in [-0.39, 0.29) is 11.9 Å². The number of nitrogen functional groups attached to an aromatic ring is 1. The first-order valence-corrected chi connectivity index (χ1v) is 6.82. The van der Waals surface area contributed by atoms with Gasteiger partial charge in [-0.3, -0.25) is 4.79 Å². The lowest BCUT2D eigenvalue weighted by atomic mass is 10.1. The summed E-state index contributed by atoms with van der Waals surface area (Å²) in [4.78, 5) is 12.3. The zero-order valence-electron chi connectivity index (χ0n) is 12.5. The molecule has 0 aliphatic carbocycles. The highest BCUT2D eigenvalue weighted by Crippen LogP contribution is 2.21. The van der Waals surface area contributed by atoms with Crippen molar-refractivity contribution in [3.8, 4) is 5.75 Å². The van der Waals surface area contributed by atoms with Gasteiger partial charge in [-0.25, -0.2) is 0 Å². The van der Waals surface area contributed by atoms with Crippen molar-refractivity contribution < 1.29 is 9.53 Å². The third-order valence-corrected chi connectivity index (χ3v) is 3.43. The maximum atomic E-state index is 12.3. The lowest BCUT2D eigenvalue weighted by Crippen LogP contribution is -2.27. The van der Waals surface area contributed by atoms with E-state index >= 15 is 0 Å². The molecule has 1 atom stereocenters. The predicted molar refractivity (Wildman–Crippen MR) is 84.5 cm³/mol. The maximum absolute atomic E-state index is 12.3. The molecule has 2 aromatic carbocycles. The number of nitrogens with one attached hydrogen (secondary N) is 1. The van der Waals surface area contributed by atoms with E-state index in [0.29, 0.717) is 17.0 Å². The molecule has 0 aliphatic heterocycles. The lowest BCUT2D eigenvalue weighted by molar-refractivity contribution is 0.0940. The number of rotatable bonds is 4. The fourth-order valence-corrected chi connectivity index (χ4v) is 2.07. The minimum Gasteiger partial charge on any atom is -0.497 e. The second-order valence-electron chi connectivity index (χ2n) is 5.06. The van der Waals surface area contributed by atoms with Gasteiger partial charge in [0.15, 0.2) is 0 Å². The van der Waals surface area contributed by atoms with Crippen molar-refractivity contribution in [2.45, 2.75) is 19.9 Å². The Morgan fingerprint density at radius 3 is 2.48 bits per heavy atom. The van der Waals surface area contributed by atoms with Gasteiger partial charge < -0.3 is 15.8 Å². The third kappa shape index (κ3) is 3.54. The van der Waals surface area contributed by atoms with Crippen LogP contribution in [0.25, 0.3) is 0 Å². The number of nitrogens with two attached hydrogens (primary N) is 1. The van der Waals surface area contributed by atoms with E-state index in [1.54, 1.807) is 25.3 Å². The quantitative estimate of drug-likeness (QED) is 0.848. The summed E-state index contributed by atoms with van der Waals surface area (Å²) < 4.78 is 5.13. The van der Waals surface area contributed by atoms with Gasteiger partial charge >= 0.3 is 0 Å². The van der Waals surface area contributed by atoms with Crippen LogP contribution in [0.5, 0.6) is 5.75 Å². The molecule has 2 aromatic rings. The van der Waals surface area contributed by atoms with E-state index < -0.39 is 0 Å². The van der Waals surface area contributed by atoms with Crippen LogP contribution in [0.4, 0.5) is 5.69 Å². The highest BCUT2D eigenvalue weighted by Gasteiger charge is 2.14. The number of aryl methyl sites for hydroxylation is 1. The number of hydrogen-bond acceptors (Lipinski definition) is 3. The van der Waals surface area contributed by atoms with Crippen LogP contribution in [0, 0.1) is 6.92 Å². The number of methoxy groups -OCH3 is 1. The van der Waals surface area contributed by atoms with Gasteiger partial charge in [0.2, 0.25) is 0 Å². The van der Waals surface area contributed by atoms with Gasteiger partial charge in [-0.1, -0.05) is 29.8 Å². The number of carbonyl (C=O) groups is 1. The van der Waals surface area contributed by atoms with E-state index in [1.165, 1.54) is 5.56 Å². The Balaban J connectivity index is 2.15. The van der Waals surface area contributed by atoms with Crippen molar-refractivity contribution in [2.75, 3.05) is 12.8 Å². The average molecular weight is 284 g/mol. The van der Waals surface area contributed by atoms with Gasteiger partial charge in [-0.15, -0.1) is 0 Å². The molecular formula is C17H20N2O2. The summed E-state index contributed by atoms with van der Waals surface area (Å²) in [5.41, 5.74) is 8.96. The number of benzene rings is 2. The van der Waals surface area contributed by atoms with Gasteiger partial charge in [-0.2, -0.15) is 0 Å². The standard InChI is InChI=1S/C17H20N2O2/c1-11-4-6-13(7-5-11)12(2)19-17(20)15-10-14(21-3)8-9-16(15)18/h4-10,12H,18H2,1-3H3,(H,19,20). The molecule has 2 rings (SSSR count). The first kappa shape index (κ1) is 14.9. The molecule has 1 amide bonds. The molecule has 0 aliphatic rings. The average Bonchev–Trinajstić information content (AvgIpc) is 2.48. The third-order valence-electron chi connectivity index (χ3n) is 3.43. The molecule has 0 saturated carbocycles. The number of amides is 1. The number of carbonyl (C=O) groups excluding carboxylic acids is 1. The summed E-state index contributed by atoms with van der Waals surface area (Å²) >= 11 is 0. The molecule has 21 heavy (non-hydrogen) atoms. The molecular weight excluding hydrogens is 264 g/mol. The van der Waals surface area contributed by atoms with Gasteiger partial charge in [0.05, 0.1) is 18.7 Å². The zero-order chi connectivity index (χ0) is 15.4. The molecule has 1 unspecified atom stereocenters. The molecule has 0 saturated heterocycles. The van der Waals surface area contributed by atoms with Crippen LogP contribution < -0.4 is 15.8 Å². The summed E-state index contributed by atoms with van der Waals surface area (Å²) in [6.45, 7) is 3.98. The monoisotopic (exact) mass is 284 g/mol. The predicted octanol–water partition coefficient (Wildman–Crippen LogP) is 3.08. The Kier molecular flexibility index (Phi) is 4.48. The SMILES string of the molecule is COc1ccc(N)c(C(=O)NC(C)c2ccc(C)cc2)c1. The summed E-state index contributed by atoms with van der Waals surface area (Å²) in [5.74, 6) is 0.400. The van der Waals surface area contributed by atoms with Crippen LogP contribution in [0.1, 0.15) is 34.5 Å². The molecule has 0 bridgehead atoms. The molecule has 4 nitrogen and oxygen atoms in total. The van der Waals surface area contributed by atoms with E-state index in [0.717, 1.165) is 5.56 Å². The van der Waals surface area contributed by atoms with E-state index in [4.69, 9.17) is 10.5 Å². The molecule has 3 N–H and O–H groups in total. The fourth-order valence-electron chi connectivity index (χ4n) is 2.07. The van der Waals surface area contributed by atoms with E-state index in [2.05, 4.69) is 5.32 Å². The topological polar surface area (TPSA) is 64.3 Å². The van der Waals surface area contributed by atoms with Gasteiger partial charge in [0.25, 0.3) is 5.91 Å². The minimum absolute atomic E-state index is 0.0938. The van der Waals surface area contributed by atoms with Crippen LogP contribution >= 0.6 is 0 Å². The van der Waals surface area contributed by atoms with Gasteiger partial charge in [0, 0.05) is 5.69 Å². The van der Waals surface area contributed by atoms with E-state index in [1.807, 2.05) is 38.1 Å². The van der Waals surface area contributed by atoms with Crippen LogP contribution in [-0.2, 0) is 0 Å². The first-order valence-electron chi connectivity index (χ1n) is 6.82. The Morgan fingerprint density at radius 2 is 1.86 bits per heavy atom. The summed E-state index contributed by atoms with van der Waals surface area (Å²) in [7, 11) is 1.56. The van der Waals surface area contributed by atoms with E-state index in [9.17, 15) is 4.79 Å². The van der Waals surface area contributed by atoms with Crippen LogP contribution in [-0.4, -0.2) is 13.0 Å². The normalized spacial score (nSPS) is 11.8. The first-order chi connectivity index (χ1) is 10.0. The van der Waals surface area contributed by atoms with Crippen molar-refractivity contribution in [2.24, 2.45) is 0 Å². The van der Waals surface area contributed by atoms with Crippen LogP contribution in [0.3, 0.4) is 0 Å². The van der Waals surface area contributed by atoms with Gasteiger partial charge in [0.1, 0.15) is 5.75 Å². The number of ether oxygens (including phenoxy) is 1. The van der Waals surface area contributed by atoms with Crippen molar-refractivity contribution in [1.82, 2.24) is 5.32 Å². The van der Waals surface area contributed by atoms with Crippen molar-refractivity contribution >= 4 is 11.6 Å². The van der Waals surface area contributed by atoms with Crippen LogP contribution in [0.2, 0.25) is 0 Å². The Labute approximate surface area is 124 Å². The minimum atomic E-state index is -0.209. The molecule has 0 fully saturated rings. The second-order valence-corrected chi connectivity index (χ2v) is 5.06. The molecule has 110 valence electrons. The number of anilines is 1. The second kappa shape index (κ2) is 6.31.